The molecule has 0 spiro atoms. The Morgan fingerprint density at radius 1 is 1.25 bits per heavy atom. The van der Waals surface area contributed by atoms with Crippen molar-refractivity contribution in [2.75, 3.05) is 7.11 Å². The summed E-state index contributed by atoms with van der Waals surface area (Å²) >= 11 is 0. The lowest BCUT2D eigenvalue weighted by atomic mass is 10.0. The molecule has 0 saturated heterocycles. The molecule has 5 nitrogen and oxygen atoms in total. The van der Waals surface area contributed by atoms with Gasteiger partial charge in [0.2, 0.25) is 0 Å². The minimum atomic E-state index is -2.91. The van der Waals surface area contributed by atoms with Gasteiger partial charge in [0.25, 0.3) is 0 Å². The van der Waals surface area contributed by atoms with E-state index in [1.807, 2.05) is 0 Å². The summed E-state index contributed by atoms with van der Waals surface area (Å²) in [7, 11) is 3.20. The Kier molecular flexibility index (Phi) is 4.19. The molecule has 1 aromatic carbocycles. The second-order valence-corrected chi connectivity index (χ2v) is 4.12. The third-order valence-electron chi connectivity index (χ3n) is 2.93. The summed E-state index contributed by atoms with van der Waals surface area (Å²) in [4.78, 5) is 0. The van der Waals surface area contributed by atoms with E-state index in [2.05, 4.69) is 9.84 Å². The molecule has 2 N–H and O–H groups in total. The summed E-state index contributed by atoms with van der Waals surface area (Å²) in [6.45, 7) is -2.91. The van der Waals surface area contributed by atoms with Crippen LogP contribution in [0.4, 0.5) is 8.78 Å². The number of para-hydroxylation sites is 1. The van der Waals surface area contributed by atoms with Gasteiger partial charge in [0.05, 0.1) is 19.3 Å². The topological polar surface area (TPSA) is 62.3 Å². The van der Waals surface area contributed by atoms with Crippen LogP contribution in [0, 0.1) is 0 Å². The lowest BCUT2D eigenvalue weighted by Gasteiger charge is -2.17. The molecular weight excluding hydrogens is 268 g/mol. The van der Waals surface area contributed by atoms with Crippen LogP contribution in [0.1, 0.15) is 17.3 Å². The van der Waals surface area contributed by atoms with Crippen molar-refractivity contribution in [1.82, 2.24) is 9.78 Å². The molecule has 0 aliphatic carbocycles. The number of methoxy groups -OCH3 is 1. The van der Waals surface area contributed by atoms with Crippen molar-refractivity contribution in [2.24, 2.45) is 12.8 Å². The van der Waals surface area contributed by atoms with Gasteiger partial charge in [0.1, 0.15) is 11.4 Å². The highest BCUT2D eigenvalue weighted by Crippen LogP contribution is 2.33. The summed E-state index contributed by atoms with van der Waals surface area (Å²) in [5.74, 6) is 0.533. The number of hydrogen-bond donors (Lipinski definition) is 1. The van der Waals surface area contributed by atoms with Crippen LogP contribution in [0.3, 0.4) is 0 Å². The highest BCUT2D eigenvalue weighted by molar-refractivity contribution is 5.43. The maximum absolute atomic E-state index is 12.4. The molecule has 1 heterocycles. The van der Waals surface area contributed by atoms with Crippen LogP contribution in [0.2, 0.25) is 0 Å². The van der Waals surface area contributed by atoms with Crippen molar-refractivity contribution in [3.8, 4) is 11.5 Å². The molecule has 2 aromatic rings. The normalized spacial score (nSPS) is 12.5. The molecule has 0 radical (unpaired) electrons. The van der Waals surface area contributed by atoms with E-state index in [-0.39, 0.29) is 5.75 Å². The van der Waals surface area contributed by atoms with E-state index in [1.165, 1.54) is 19.4 Å². The molecule has 1 unspecified atom stereocenters. The van der Waals surface area contributed by atoms with Crippen molar-refractivity contribution >= 4 is 0 Å². The first kappa shape index (κ1) is 14.3. The number of benzene rings is 1. The first-order valence-electron chi connectivity index (χ1n) is 5.89. The predicted molar refractivity (Wildman–Crippen MR) is 68.9 cm³/mol. The van der Waals surface area contributed by atoms with Gasteiger partial charge in [-0.05, 0) is 6.07 Å². The molecule has 1 aromatic heterocycles. The van der Waals surface area contributed by atoms with Gasteiger partial charge in [-0.1, -0.05) is 18.2 Å². The van der Waals surface area contributed by atoms with Crippen molar-refractivity contribution in [2.45, 2.75) is 12.7 Å². The molecule has 20 heavy (non-hydrogen) atoms. The molecule has 1 atom stereocenters. The maximum atomic E-state index is 12.4. The maximum Gasteiger partial charge on any atom is 0.387 e. The summed E-state index contributed by atoms with van der Waals surface area (Å²) < 4.78 is 36.1. The number of aromatic nitrogens is 2. The van der Waals surface area contributed by atoms with E-state index in [9.17, 15) is 8.78 Å². The van der Waals surface area contributed by atoms with Gasteiger partial charge in [0, 0.05) is 12.6 Å². The summed E-state index contributed by atoms with van der Waals surface area (Å²) in [6.07, 6.45) is 1.52. The molecule has 0 aliphatic rings. The number of nitrogens with two attached hydrogens (primary N) is 1. The molecule has 0 fully saturated rings. The fourth-order valence-corrected chi connectivity index (χ4v) is 2.03. The number of alkyl halides is 2. The van der Waals surface area contributed by atoms with Crippen LogP contribution in [0.15, 0.2) is 30.5 Å². The zero-order chi connectivity index (χ0) is 14.7. The van der Waals surface area contributed by atoms with Crippen LogP contribution >= 0.6 is 0 Å². The average molecular weight is 283 g/mol. The monoisotopic (exact) mass is 283 g/mol. The summed E-state index contributed by atoms with van der Waals surface area (Å²) in [5, 5.41) is 4.05. The Bertz CT molecular complexity index is 587. The standard InChI is InChI=1S/C13H15F2N3O2/c1-18-12(10(19-2)7-17-18)11(16)8-5-3-4-6-9(8)20-13(14)15/h3-7,11,13H,16H2,1-2H3. The zero-order valence-electron chi connectivity index (χ0n) is 11.1. The third-order valence-corrected chi connectivity index (χ3v) is 2.93. The van der Waals surface area contributed by atoms with E-state index >= 15 is 0 Å². The SMILES string of the molecule is COc1cnn(C)c1C(N)c1ccccc1OC(F)F. The smallest absolute Gasteiger partial charge is 0.387 e. The highest BCUT2D eigenvalue weighted by atomic mass is 19.3. The Balaban J connectivity index is 2.42. The van der Waals surface area contributed by atoms with E-state index in [4.69, 9.17) is 10.5 Å². The van der Waals surface area contributed by atoms with Gasteiger partial charge < -0.3 is 15.2 Å². The van der Waals surface area contributed by atoms with Crippen LogP contribution < -0.4 is 15.2 Å². The Labute approximate surface area is 114 Å². The number of hydrogen-bond acceptors (Lipinski definition) is 4. The molecule has 0 aliphatic heterocycles. The average Bonchev–Trinajstić information content (AvgIpc) is 2.79. The van der Waals surface area contributed by atoms with Crippen molar-refractivity contribution in [3.63, 3.8) is 0 Å². The van der Waals surface area contributed by atoms with Crippen molar-refractivity contribution in [1.29, 1.82) is 0 Å². The number of halogens is 2. The third kappa shape index (κ3) is 2.72. The minimum absolute atomic E-state index is 0.0400. The molecule has 108 valence electrons. The molecular formula is C13H15F2N3O2. The molecule has 0 saturated carbocycles. The zero-order valence-corrected chi connectivity index (χ0v) is 11.1. The van der Waals surface area contributed by atoms with Gasteiger partial charge in [-0.15, -0.1) is 0 Å². The van der Waals surface area contributed by atoms with Crippen LogP contribution in [-0.4, -0.2) is 23.5 Å². The number of rotatable bonds is 5. The van der Waals surface area contributed by atoms with Crippen LogP contribution in [0.5, 0.6) is 11.5 Å². The lowest BCUT2D eigenvalue weighted by Crippen LogP contribution is -2.18. The van der Waals surface area contributed by atoms with E-state index in [0.717, 1.165) is 0 Å². The van der Waals surface area contributed by atoms with Gasteiger partial charge in [-0.2, -0.15) is 13.9 Å². The van der Waals surface area contributed by atoms with Crippen molar-refractivity contribution < 1.29 is 18.3 Å². The minimum Gasteiger partial charge on any atom is -0.493 e. The highest BCUT2D eigenvalue weighted by Gasteiger charge is 2.22. The van der Waals surface area contributed by atoms with Gasteiger partial charge in [-0.25, -0.2) is 0 Å². The second kappa shape index (κ2) is 5.87. The van der Waals surface area contributed by atoms with Crippen LogP contribution in [0.25, 0.3) is 0 Å². The fraction of sp³-hybridized carbons (Fsp3) is 0.308. The Morgan fingerprint density at radius 3 is 2.60 bits per heavy atom. The van der Waals surface area contributed by atoms with E-state index in [0.29, 0.717) is 17.0 Å². The van der Waals surface area contributed by atoms with Crippen molar-refractivity contribution in [3.05, 3.63) is 41.7 Å². The second-order valence-electron chi connectivity index (χ2n) is 4.12. The van der Waals surface area contributed by atoms with Gasteiger partial charge in [-0.3, -0.25) is 4.68 Å². The van der Waals surface area contributed by atoms with E-state index in [1.54, 1.807) is 29.9 Å². The quantitative estimate of drug-likeness (QED) is 0.912. The summed E-state index contributed by atoms with van der Waals surface area (Å²) in [6, 6.07) is 5.71. The number of ether oxygens (including phenoxy) is 2. The fourth-order valence-electron chi connectivity index (χ4n) is 2.03. The predicted octanol–water partition coefficient (Wildman–Crippen LogP) is 2.08. The van der Waals surface area contributed by atoms with Crippen LogP contribution in [-0.2, 0) is 7.05 Å². The van der Waals surface area contributed by atoms with Gasteiger partial charge in [0.15, 0.2) is 5.75 Å². The number of nitrogens with zero attached hydrogens (tertiary/aromatic N) is 2. The molecule has 2 rings (SSSR count). The molecule has 7 heteroatoms. The lowest BCUT2D eigenvalue weighted by molar-refractivity contribution is -0.0505. The first-order chi connectivity index (χ1) is 9.54. The van der Waals surface area contributed by atoms with Gasteiger partial charge >= 0.3 is 6.61 Å². The first-order valence-corrected chi connectivity index (χ1v) is 5.89. The Hall–Kier alpha value is -2.15. The molecule has 0 amide bonds. The largest absolute Gasteiger partial charge is 0.493 e. The summed E-state index contributed by atoms with van der Waals surface area (Å²) in [5.41, 5.74) is 7.17. The Morgan fingerprint density at radius 2 is 1.95 bits per heavy atom. The number of aryl methyl sites for hydroxylation is 1. The molecule has 0 bridgehead atoms. The van der Waals surface area contributed by atoms with E-state index < -0.39 is 12.7 Å².